The zero-order chi connectivity index (χ0) is 22.3. The summed E-state index contributed by atoms with van der Waals surface area (Å²) in [6, 6.07) is 12.7. The smallest absolute Gasteiger partial charge is 0.240 e. The molecule has 1 aliphatic rings. The van der Waals surface area contributed by atoms with Gasteiger partial charge in [0, 0.05) is 23.1 Å². The van der Waals surface area contributed by atoms with Gasteiger partial charge in [0.05, 0.1) is 10.6 Å². The van der Waals surface area contributed by atoms with E-state index in [-0.39, 0.29) is 11.4 Å². The SMILES string of the molecule is Cc1ccc(-c2nc3sc(CCNS(=O)(=O)c4ccc5c(c4)OCCO5)c(C)n3n2)cc1. The molecule has 1 N–H and O–H groups in total. The number of ether oxygens (including phenoxy) is 2. The topological polar surface area (TPSA) is 94.8 Å². The molecule has 3 heterocycles. The van der Waals surface area contributed by atoms with E-state index in [4.69, 9.17) is 9.47 Å². The van der Waals surface area contributed by atoms with Crippen LogP contribution >= 0.6 is 11.3 Å². The highest BCUT2D eigenvalue weighted by Gasteiger charge is 2.20. The zero-order valence-corrected chi connectivity index (χ0v) is 19.3. The van der Waals surface area contributed by atoms with E-state index >= 15 is 0 Å². The first-order valence-electron chi connectivity index (χ1n) is 10.2. The second kappa shape index (κ2) is 8.19. The number of sulfonamides is 1. The molecule has 0 fully saturated rings. The molecular formula is C22H22N4O4S2. The van der Waals surface area contributed by atoms with Gasteiger partial charge in [0.1, 0.15) is 13.2 Å². The van der Waals surface area contributed by atoms with E-state index in [1.807, 2.05) is 42.6 Å². The standard InChI is InChI=1S/C22H22N4O4S2/c1-14-3-5-16(6-4-14)21-24-22-26(25-21)15(2)20(31-22)9-10-23-32(27,28)17-7-8-18-19(13-17)30-12-11-29-18/h3-8,13,23H,9-12H2,1-2H3. The van der Waals surface area contributed by atoms with Crippen molar-refractivity contribution in [1.29, 1.82) is 0 Å². The molecule has 0 unspecified atom stereocenters. The lowest BCUT2D eigenvalue weighted by Gasteiger charge is -2.18. The number of nitrogens with one attached hydrogen (secondary N) is 1. The van der Waals surface area contributed by atoms with Crippen molar-refractivity contribution >= 4 is 26.3 Å². The Morgan fingerprint density at radius 2 is 1.81 bits per heavy atom. The minimum atomic E-state index is -3.66. The summed E-state index contributed by atoms with van der Waals surface area (Å²) in [4.78, 5) is 6.64. The number of benzene rings is 2. The van der Waals surface area contributed by atoms with E-state index in [2.05, 4.69) is 14.8 Å². The van der Waals surface area contributed by atoms with Crippen LogP contribution in [0.1, 0.15) is 16.1 Å². The van der Waals surface area contributed by atoms with Crippen LogP contribution in [0.25, 0.3) is 16.3 Å². The molecular weight excluding hydrogens is 448 g/mol. The van der Waals surface area contributed by atoms with Crippen LogP contribution in [-0.2, 0) is 16.4 Å². The largest absolute Gasteiger partial charge is 0.486 e. The molecule has 0 spiro atoms. The van der Waals surface area contributed by atoms with Crippen molar-refractivity contribution in [3.05, 3.63) is 58.6 Å². The van der Waals surface area contributed by atoms with Gasteiger partial charge in [-0.15, -0.1) is 5.10 Å². The first kappa shape index (κ1) is 20.9. The molecule has 4 aromatic rings. The van der Waals surface area contributed by atoms with Crippen molar-refractivity contribution in [1.82, 2.24) is 19.3 Å². The Morgan fingerprint density at radius 1 is 1.06 bits per heavy atom. The Morgan fingerprint density at radius 3 is 2.56 bits per heavy atom. The molecule has 32 heavy (non-hydrogen) atoms. The first-order chi connectivity index (χ1) is 15.4. The summed E-state index contributed by atoms with van der Waals surface area (Å²) in [6.07, 6.45) is 0.547. The molecule has 8 nitrogen and oxygen atoms in total. The Labute approximate surface area is 189 Å². The van der Waals surface area contributed by atoms with Crippen LogP contribution in [0.15, 0.2) is 47.4 Å². The molecule has 0 bridgehead atoms. The molecule has 1 aliphatic heterocycles. The lowest BCUT2D eigenvalue weighted by Crippen LogP contribution is -2.26. The fraction of sp³-hybridized carbons (Fsp3) is 0.273. The summed E-state index contributed by atoms with van der Waals surface area (Å²) < 4.78 is 40.8. The molecule has 0 saturated heterocycles. The van der Waals surface area contributed by atoms with Crippen LogP contribution in [0.4, 0.5) is 0 Å². The quantitative estimate of drug-likeness (QED) is 0.464. The third-order valence-electron chi connectivity index (χ3n) is 5.29. The molecule has 0 aliphatic carbocycles. The van der Waals surface area contributed by atoms with Gasteiger partial charge in [-0.05, 0) is 32.4 Å². The minimum Gasteiger partial charge on any atom is -0.486 e. The van der Waals surface area contributed by atoms with Gasteiger partial charge < -0.3 is 9.47 Å². The predicted octanol–water partition coefficient (Wildman–Crippen LogP) is 3.37. The van der Waals surface area contributed by atoms with E-state index in [0.717, 1.165) is 21.1 Å². The highest BCUT2D eigenvalue weighted by atomic mass is 32.2. The summed E-state index contributed by atoms with van der Waals surface area (Å²) in [5.74, 6) is 1.69. The second-order valence-corrected chi connectivity index (χ2v) is 10.4. The summed E-state index contributed by atoms with van der Waals surface area (Å²) in [5.41, 5.74) is 3.13. The lowest BCUT2D eigenvalue weighted by molar-refractivity contribution is 0.171. The van der Waals surface area contributed by atoms with Gasteiger partial charge in [-0.3, -0.25) is 0 Å². The van der Waals surface area contributed by atoms with E-state index in [0.29, 0.717) is 37.0 Å². The van der Waals surface area contributed by atoms with Crippen LogP contribution < -0.4 is 14.2 Å². The van der Waals surface area contributed by atoms with Crippen molar-refractivity contribution in [3.63, 3.8) is 0 Å². The van der Waals surface area contributed by atoms with E-state index in [1.165, 1.54) is 29.0 Å². The van der Waals surface area contributed by atoms with Gasteiger partial charge >= 0.3 is 0 Å². The molecule has 2 aromatic heterocycles. The van der Waals surface area contributed by atoms with Gasteiger partial charge in [-0.2, -0.15) is 4.98 Å². The van der Waals surface area contributed by atoms with Crippen molar-refractivity contribution < 1.29 is 17.9 Å². The van der Waals surface area contributed by atoms with Gasteiger partial charge in [0.25, 0.3) is 0 Å². The number of fused-ring (bicyclic) bond motifs is 2. The molecule has 0 saturated carbocycles. The highest BCUT2D eigenvalue weighted by Crippen LogP contribution is 2.32. The van der Waals surface area contributed by atoms with Gasteiger partial charge in [-0.1, -0.05) is 41.2 Å². The number of thiazole rings is 1. The fourth-order valence-electron chi connectivity index (χ4n) is 3.51. The number of nitrogens with zero attached hydrogens (tertiary/aromatic N) is 3. The van der Waals surface area contributed by atoms with Crippen LogP contribution in [0, 0.1) is 13.8 Å². The van der Waals surface area contributed by atoms with Crippen LogP contribution in [0.2, 0.25) is 0 Å². The summed E-state index contributed by atoms with van der Waals surface area (Å²) in [5, 5.41) is 4.63. The molecule has 0 atom stereocenters. The number of rotatable bonds is 6. The Hall–Kier alpha value is -2.95. The fourth-order valence-corrected chi connectivity index (χ4v) is 5.62. The number of hydrogen-bond donors (Lipinski definition) is 1. The van der Waals surface area contributed by atoms with Gasteiger partial charge in [0.2, 0.25) is 15.0 Å². The average molecular weight is 471 g/mol. The van der Waals surface area contributed by atoms with E-state index < -0.39 is 10.0 Å². The van der Waals surface area contributed by atoms with Crippen LogP contribution in [0.3, 0.4) is 0 Å². The maximum atomic E-state index is 12.7. The number of aryl methyl sites for hydroxylation is 2. The Bertz CT molecular complexity index is 1390. The number of aromatic nitrogens is 3. The van der Waals surface area contributed by atoms with Crippen LogP contribution in [-0.4, -0.2) is 42.8 Å². The van der Waals surface area contributed by atoms with Crippen molar-refractivity contribution in [2.45, 2.75) is 25.2 Å². The predicted molar refractivity (Wildman–Crippen MR) is 122 cm³/mol. The third kappa shape index (κ3) is 3.96. The first-order valence-corrected chi connectivity index (χ1v) is 12.5. The molecule has 2 aromatic carbocycles. The second-order valence-electron chi connectivity index (χ2n) is 7.56. The zero-order valence-electron chi connectivity index (χ0n) is 17.7. The molecule has 10 heteroatoms. The maximum absolute atomic E-state index is 12.7. The third-order valence-corrected chi connectivity index (χ3v) is 7.94. The lowest BCUT2D eigenvalue weighted by atomic mass is 10.1. The Kier molecular flexibility index (Phi) is 5.36. The van der Waals surface area contributed by atoms with Crippen molar-refractivity contribution in [2.75, 3.05) is 19.8 Å². The van der Waals surface area contributed by atoms with E-state index in [1.54, 1.807) is 6.07 Å². The molecule has 5 rings (SSSR count). The molecule has 0 amide bonds. The Balaban J connectivity index is 1.28. The van der Waals surface area contributed by atoms with Gasteiger partial charge in [-0.25, -0.2) is 17.7 Å². The van der Waals surface area contributed by atoms with Crippen molar-refractivity contribution in [2.24, 2.45) is 0 Å². The van der Waals surface area contributed by atoms with Crippen LogP contribution in [0.5, 0.6) is 11.5 Å². The normalized spacial score (nSPS) is 13.6. The minimum absolute atomic E-state index is 0.156. The monoisotopic (exact) mass is 470 g/mol. The van der Waals surface area contributed by atoms with E-state index in [9.17, 15) is 8.42 Å². The maximum Gasteiger partial charge on any atom is 0.240 e. The van der Waals surface area contributed by atoms with Crippen molar-refractivity contribution in [3.8, 4) is 22.9 Å². The summed E-state index contributed by atoms with van der Waals surface area (Å²) in [7, 11) is -3.66. The molecule has 166 valence electrons. The average Bonchev–Trinajstić information content (AvgIpc) is 3.33. The number of hydrogen-bond acceptors (Lipinski definition) is 7. The summed E-state index contributed by atoms with van der Waals surface area (Å²) in [6.45, 7) is 5.15. The van der Waals surface area contributed by atoms with Gasteiger partial charge in [0.15, 0.2) is 17.3 Å². The highest BCUT2D eigenvalue weighted by molar-refractivity contribution is 7.89. The molecule has 0 radical (unpaired) electrons. The summed E-state index contributed by atoms with van der Waals surface area (Å²) >= 11 is 1.53.